The van der Waals surface area contributed by atoms with Gasteiger partial charge in [0.15, 0.2) is 0 Å². The monoisotopic (exact) mass is 331 g/mol. The van der Waals surface area contributed by atoms with E-state index in [4.69, 9.17) is 4.74 Å². The Hall–Kier alpha value is -1.43. The highest BCUT2D eigenvalue weighted by atomic mass is 16.5. The summed E-state index contributed by atoms with van der Waals surface area (Å²) in [6.45, 7) is 8.30. The van der Waals surface area contributed by atoms with Crippen LogP contribution < -0.4 is 5.32 Å². The fourth-order valence-corrected chi connectivity index (χ4v) is 3.53. The molecule has 1 amide bonds. The Morgan fingerprint density at radius 3 is 2.46 bits per heavy atom. The summed E-state index contributed by atoms with van der Waals surface area (Å²) in [4.78, 5) is 16.9. The minimum Gasteiger partial charge on any atom is -0.379 e. The molecule has 0 spiro atoms. The van der Waals surface area contributed by atoms with Crippen molar-refractivity contribution in [2.24, 2.45) is 5.92 Å². The molecular weight excluding hydrogens is 302 g/mol. The van der Waals surface area contributed by atoms with Gasteiger partial charge in [0.1, 0.15) is 0 Å². The van der Waals surface area contributed by atoms with Gasteiger partial charge in [-0.3, -0.25) is 14.6 Å². The van der Waals surface area contributed by atoms with Gasteiger partial charge in [-0.05, 0) is 37.4 Å². The predicted molar refractivity (Wildman–Crippen MR) is 94.7 cm³/mol. The SMILES string of the molecule is O=C(CN1CCC(CN2CCOCC2)CC1)NCc1ccccc1. The van der Waals surface area contributed by atoms with Gasteiger partial charge in [-0.2, -0.15) is 0 Å². The van der Waals surface area contributed by atoms with Crippen LogP contribution in [0.2, 0.25) is 0 Å². The molecule has 0 saturated carbocycles. The van der Waals surface area contributed by atoms with Crippen LogP contribution in [0.5, 0.6) is 0 Å². The maximum absolute atomic E-state index is 12.1. The highest BCUT2D eigenvalue weighted by Gasteiger charge is 2.23. The molecule has 2 heterocycles. The molecule has 0 aliphatic carbocycles. The first kappa shape index (κ1) is 17.4. The molecule has 2 fully saturated rings. The highest BCUT2D eigenvalue weighted by molar-refractivity contribution is 5.78. The molecule has 132 valence electrons. The molecular formula is C19H29N3O2. The molecule has 3 rings (SSSR count). The summed E-state index contributed by atoms with van der Waals surface area (Å²) >= 11 is 0. The normalized spacial score (nSPS) is 20.8. The average molecular weight is 331 g/mol. The van der Waals surface area contributed by atoms with E-state index in [0.717, 1.165) is 50.9 Å². The van der Waals surface area contributed by atoms with E-state index in [0.29, 0.717) is 13.1 Å². The van der Waals surface area contributed by atoms with Crippen molar-refractivity contribution in [1.29, 1.82) is 0 Å². The van der Waals surface area contributed by atoms with Crippen molar-refractivity contribution in [3.05, 3.63) is 35.9 Å². The molecule has 1 aromatic rings. The Bertz CT molecular complexity index is 495. The number of carbonyl (C=O) groups is 1. The van der Waals surface area contributed by atoms with E-state index in [1.54, 1.807) is 0 Å². The quantitative estimate of drug-likeness (QED) is 0.855. The maximum Gasteiger partial charge on any atom is 0.234 e. The van der Waals surface area contributed by atoms with Crippen molar-refractivity contribution in [1.82, 2.24) is 15.1 Å². The summed E-state index contributed by atoms with van der Waals surface area (Å²) in [5.74, 6) is 0.900. The van der Waals surface area contributed by atoms with Crippen LogP contribution in [0, 0.1) is 5.92 Å². The number of nitrogens with one attached hydrogen (secondary N) is 1. The van der Waals surface area contributed by atoms with Crippen molar-refractivity contribution >= 4 is 5.91 Å². The number of ether oxygens (including phenoxy) is 1. The molecule has 2 aliphatic rings. The molecule has 0 atom stereocenters. The lowest BCUT2D eigenvalue weighted by molar-refractivity contribution is -0.122. The smallest absolute Gasteiger partial charge is 0.234 e. The number of hydrogen-bond donors (Lipinski definition) is 1. The number of likely N-dealkylation sites (tertiary alicyclic amines) is 1. The van der Waals surface area contributed by atoms with E-state index in [2.05, 4.69) is 15.1 Å². The molecule has 1 N–H and O–H groups in total. The molecule has 1 aromatic carbocycles. The number of rotatable bonds is 6. The van der Waals surface area contributed by atoms with Crippen LogP contribution in [0.4, 0.5) is 0 Å². The van der Waals surface area contributed by atoms with Crippen LogP contribution in [0.1, 0.15) is 18.4 Å². The second kappa shape index (κ2) is 9.16. The molecule has 5 heteroatoms. The van der Waals surface area contributed by atoms with Crippen LogP contribution in [0.25, 0.3) is 0 Å². The molecule has 0 bridgehead atoms. The van der Waals surface area contributed by atoms with Crippen molar-refractivity contribution in [3.8, 4) is 0 Å². The number of hydrogen-bond acceptors (Lipinski definition) is 4. The molecule has 2 saturated heterocycles. The van der Waals surface area contributed by atoms with E-state index >= 15 is 0 Å². The van der Waals surface area contributed by atoms with Gasteiger partial charge in [0.25, 0.3) is 0 Å². The van der Waals surface area contributed by atoms with Gasteiger partial charge in [-0.25, -0.2) is 0 Å². The summed E-state index contributed by atoms with van der Waals surface area (Å²) in [5.41, 5.74) is 1.15. The summed E-state index contributed by atoms with van der Waals surface area (Å²) in [7, 11) is 0. The predicted octanol–water partition coefficient (Wildman–Crippen LogP) is 1.35. The fraction of sp³-hybridized carbons (Fsp3) is 0.632. The minimum absolute atomic E-state index is 0.130. The molecule has 0 aromatic heterocycles. The van der Waals surface area contributed by atoms with E-state index < -0.39 is 0 Å². The van der Waals surface area contributed by atoms with Crippen LogP contribution in [-0.4, -0.2) is 68.2 Å². The second-order valence-electron chi connectivity index (χ2n) is 6.89. The van der Waals surface area contributed by atoms with Gasteiger partial charge in [0.2, 0.25) is 5.91 Å². The van der Waals surface area contributed by atoms with Crippen LogP contribution in [-0.2, 0) is 16.1 Å². The lowest BCUT2D eigenvalue weighted by atomic mass is 9.96. The van der Waals surface area contributed by atoms with Crippen LogP contribution in [0.3, 0.4) is 0 Å². The van der Waals surface area contributed by atoms with Crippen molar-refractivity contribution in [2.45, 2.75) is 19.4 Å². The highest BCUT2D eigenvalue weighted by Crippen LogP contribution is 2.18. The Balaban J connectivity index is 1.32. The largest absolute Gasteiger partial charge is 0.379 e. The Labute approximate surface area is 145 Å². The second-order valence-corrected chi connectivity index (χ2v) is 6.89. The Kier molecular flexibility index (Phi) is 6.64. The number of amides is 1. The number of piperidine rings is 1. The number of morpholine rings is 1. The molecule has 2 aliphatic heterocycles. The fourth-order valence-electron chi connectivity index (χ4n) is 3.53. The summed E-state index contributed by atoms with van der Waals surface area (Å²) < 4.78 is 5.41. The van der Waals surface area contributed by atoms with E-state index in [1.807, 2.05) is 30.3 Å². The van der Waals surface area contributed by atoms with Gasteiger partial charge >= 0.3 is 0 Å². The van der Waals surface area contributed by atoms with E-state index in [9.17, 15) is 4.79 Å². The third kappa shape index (κ3) is 5.58. The molecule has 0 radical (unpaired) electrons. The lowest BCUT2D eigenvalue weighted by Crippen LogP contribution is -2.45. The number of benzene rings is 1. The Morgan fingerprint density at radius 1 is 1.04 bits per heavy atom. The third-order valence-electron chi connectivity index (χ3n) is 5.03. The Morgan fingerprint density at radius 2 is 1.75 bits per heavy atom. The van der Waals surface area contributed by atoms with Crippen molar-refractivity contribution < 1.29 is 9.53 Å². The lowest BCUT2D eigenvalue weighted by Gasteiger charge is -2.35. The molecule has 5 nitrogen and oxygen atoms in total. The van der Waals surface area contributed by atoms with Crippen LogP contribution in [0.15, 0.2) is 30.3 Å². The van der Waals surface area contributed by atoms with E-state index in [1.165, 1.54) is 19.4 Å². The first-order valence-corrected chi connectivity index (χ1v) is 9.12. The zero-order valence-corrected chi connectivity index (χ0v) is 14.5. The number of nitrogens with zero attached hydrogens (tertiary/aromatic N) is 2. The van der Waals surface area contributed by atoms with Gasteiger partial charge < -0.3 is 10.1 Å². The topological polar surface area (TPSA) is 44.8 Å². The van der Waals surface area contributed by atoms with Crippen LogP contribution >= 0.6 is 0 Å². The van der Waals surface area contributed by atoms with Gasteiger partial charge in [-0.15, -0.1) is 0 Å². The van der Waals surface area contributed by atoms with Crippen molar-refractivity contribution in [2.75, 3.05) is 52.5 Å². The first-order chi connectivity index (χ1) is 11.8. The zero-order chi connectivity index (χ0) is 16.6. The van der Waals surface area contributed by atoms with Gasteiger partial charge in [0, 0.05) is 26.2 Å². The summed E-state index contributed by atoms with van der Waals surface area (Å²) in [5, 5.41) is 3.02. The number of carbonyl (C=O) groups excluding carboxylic acids is 1. The standard InChI is InChI=1S/C19H29N3O2/c23-19(20-14-17-4-2-1-3-5-17)16-21-8-6-18(7-9-21)15-22-10-12-24-13-11-22/h1-5,18H,6-16H2,(H,20,23). The molecule has 24 heavy (non-hydrogen) atoms. The zero-order valence-electron chi connectivity index (χ0n) is 14.5. The van der Waals surface area contributed by atoms with Gasteiger partial charge in [0.05, 0.1) is 19.8 Å². The summed E-state index contributed by atoms with van der Waals surface area (Å²) in [6.07, 6.45) is 2.40. The minimum atomic E-state index is 0.130. The molecule has 0 unspecified atom stereocenters. The summed E-state index contributed by atoms with van der Waals surface area (Å²) in [6, 6.07) is 10.1. The van der Waals surface area contributed by atoms with E-state index in [-0.39, 0.29) is 5.91 Å². The van der Waals surface area contributed by atoms with Crippen molar-refractivity contribution in [3.63, 3.8) is 0 Å². The average Bonchev–Trinajstić information content (AvgIpc) is 2.63. The first-order valence-electron chi connectivity index (χ1n) is 9.12. The van der Waals surface area contributed by atoms with Gasteiger partial charge in [-0.1, -0.05) is 30.3 Å². The third-order valence-corrected chi connectivity index (χ3v) is 5.03. The maximum atomic E-state index is 12.1.